The third-order valence-electron chi connectivity index (χ3n) is 4.68. The van der Waals surface area contributed by atoms with Crippen molar-refractivity contribution in [2.24, 2.45) is 5.92 Å². The van der Waals surface area contributed by atoms with E-state index < -0.39 is 15.9 Å². The third kappa shape index (κ3) is 4.90. The van der Waals surface area contributed by atoms with Crippen LogP contribution in [0.4, 0.5) is 5.13 Å². The van der Waals surface area contributed by atoms with Crippen molar-refractivity contribution in [3.8, 4) is 0 Å². The van der Waals surface area contributed by atoms with E-state index in [1.165, 1.54) is 17.0 Å². The van der Waals surface area contributed by atoms with E-state index in [2.05, 4.69) is 14.1 Å². The molecule has 2 aromatic rings. The van der Waals surface area contributed by atoms with Gasteiger partial charge in [-0.05, 0) is 44.4 Å². The van der Waals surface area contributed by atoms with E-state index in [-0.39, 0.29) is 40.9 Å². The minimum Gasteiger partial charge on any atom is -0.466 e. The summed E-state index contributed by atoms with van der Waals surface area (Å²) in [4.78, 5) is 30.3. The molecule has 0 radical (unpaired) electrons. The first-order valence-corrected chi connectivity index (χ1v) is 11.9. The van der Waals surface area contributed by atoms with E-state index in [1.54, 1.807) is 19.9 Å². The van der Waals surface area contributed by atoms with Crippen molar-refractivity contribution in [3.63, 3.8) is 0 Å². The van der Waals surface area contributed by atoms with Gasteiger partial charge in [-0.1, -0.05) is 17.7 Å². The minimum atomic E-state index is -3.94. The first-order chi connectivity index (χ1) is 14.2. The number of anilines is 1. The molecule has 1 N–H and O–H groups in total. The summed E-state index contributed by atoms with van der Waals surface area (Å²) in [5.41, 5.74) is 0.408. The van der Waals surface area contributed by atoms with Crippen molar-refractivity contribution in [2.75, 3.05) is 24.4 Å². The Morgan fingerprint density at radius 2 is 2.17 bits per heavy atom. The molecule has 9 nitrogen and oxygen atoms in total. The Kier molecular flexibility index (Phi) is 6.94. The van der Waals surface area contributed by atoms with Crippen molar-refractivity contribution in [2.45, 2.75) is 31.6 Å². The summed E-state index contributed by atoms with van der Waals surface area (Å²) in [6.45, 7) is 4.31. The molecular formula is C18H21ClN4O5S2. The number of carbonyl (C=O) groups is 2. The number of sulfonamides is 1. The van der Waals surface area contributed by atoms with Crippen molar-refractivity contribution >= 4 is 50.2 Å². The topological polar surface area (TPSA) is 119 Å². The lowest BCUT2D eigenvalue weighted by molar-refractivity contribution is -0.149. The summed E-state index contributed by atoms with van der Waals surface area (Å²) in [5, 5.41) is 0.295. The number of aromatic nitrogens is 2. The molecule has 0 bridgehead atoms. The lowest BCUT2D eigenvalue weighted by Gasteiger charge is -2.30. The number of hydrogen-bond acceptors (Lipinski definition) is 8. The average molecular weight is 473 g/mol. The fourth-order valence-electron chi connectivity index (χ4n) is 3.16. The summed E-state index contributed by atoms with van der Waals surface area (Å²) in [7, 11) is -3.94. The maximum Gasteiger partial charge on any atom is 0.310 e. The average Bonchev–Trinajstić information content (AvgIpc) is 3.17. The Labute approximate surface area is 183 Å². The van der Waals surface area contributed by atoms with Crippen LogP contribution in [0.15, 0.2) is 23.1 Å². The molecule has 1 aromatic heterocycles. The number of benzene rings is 1. The van der Waals surface area contributed by atoms with Gasteiger partial charge in [-0.25, -0.2) is 8.42 Å². The number of amides is 1. The molecular weight excluding hydrogens is 452 g/mol. The molecule has 1 aromatic carbocycles. The number of likely N-dealkylation sites (tertiary alicyclic amines) is 1. The summed E-state index contributed by atoms with van der Waals surface area (Å²) < 4.78 is 36.7. The third-order valence-corrected chi connectivity index (χ3v) is 7.33. The van der Waals surface area contributed by atoms with Gasteiger partial charge in [-0.2, -0.15) is 9.36 Å². The maximum absolute atomic E-state index is 12.7. The van der Waals surface area contributed by atoms with Crippen LogP contribution in [-0.2, 0) is 19.6 Å². The van der Waals surface area contributed by atoms with Crippen LogP contribution in [-0.4, -0.2) is 54.2 Å². The summed E-state index contributed by atoms with van der Waals surface area (Å²) >= 11 is 6.77. The number of piperidine rings is 1. The van der Waals surface area contributed by atoms with Crippen molar-refractivity contribution in [3.05, 3.63) is 34.6 Å². The second-order valence-electron chi connectivity index (χ2n) is 6.73. The number of nitrogens with zero attached hydrogens (tertiary/aromatic N) is 3. The molecule has 1 aliphatic heterocycles. The number of rotatable bonds is 6. The van der Waals surface area contributed by atoms with Crippen LogP contribution in [0.2, 0.25) is 5.02 Å². The van der Waals surface area contributed by atoms with Crippen LogP contribution in [0.1, 0.15) is 35.9 Å². The standard InChI is InChI=1S/C18H21ClN4O5S2/c1-3-28-17(25)12-6-5-9-23(10-12)16(24)15-20-18(29-21-15)22-30(26,27)14-8-4-7-13(19)11(14)2/h4,7-8,12H,3,5-6,9-10H2,1-2H3,(H,20,21,22). The number of carbonyl (C=O) groups excluding carboxylic acids is 2. The van der Waals surface area contributed by atoms with Gasteiger partial charge in [0.15, 0.2) is 0 Å². The molecule has 0 spiro atoms. The molecule has 162 valence electrons. The minimum absolute atomic E-state index is 0.0198. The van der Waals surface area contributed by atoms with E-state index in [0.29, 0.717) is 30.0 Å². The van der Waals surface area contributed by atoms with E-state index in [0.717, 1.165) is 11.5 Å². The molecule has 1 unspecified atom stereocenters. The monoisotopic (exact) mass is 472 g/mol. The molecule has 30 heavy (non-hydrogen) atoms. The van der Waals surface area contributed by atoms with Crippen LogP contribution in [0.5, 0.6) is 0 Å². The number of halogens is 1. The Balaban J connectivity index is 1.72. The Bertz CT molecular complexity index is 1060. The molecule has 1 fully saturated rings. The van der Waals surface area contributed by atoms with Gasteiger partial charge in [-0.3, -0.25) is 14.3 Å². The Hall–Kier alpha value is -2.24. The van der Waals surface area contributed by atoms with Crippen LogP contribution in [0.25, 0.3) is 0 Å². The van der Waals surface area contributed by atoms with Crippen molar-refractivity contribution in [1.82, 2.24) is 14.3 Å². The van der Waals surface area contributed by atoms with Gasteiger partial charge in [0, 0.05) is 29.6 Å². The number of esters is 1. The molecule has 12 heteroatoms. The Morgan fingerprint density at radius 1 is 1.40 bits per heavy atom. The van der Waals surface area contributed by atoms with E-state index in [9.17, 15) is 18.0 Å². The second-order valence-corrected chi connectivity index (χ2v) is 9.54. The van der Waals surface area contributed by atoms with Crippen LogP contribution in [0.3, 0.4) is 0 Å². The van der Waals surface area contributed by atoms with Crippen molar-refractivity contribution < 1.29 is 22.7 Å². The highest BCUT2D eigenvalue weighted by Crippen LogP contribution is 2.26. The van der Waals surface area contributed by atoms with Gasteiger partial charge in [0.05, 0.1) is 17.4 Å². The highest BCUT2D eigenvalue weighted by atomic mass is 35.5. The predicted octanol–water partition coefficient (Wildman–Crippen LogP) is 2.72. The molecule has 3 rings (SSSR count). The molecule has 1 saturated heterocycles. The molecule has 1 atom stereocenters. The predicted molar refractivity (Wildman–Crippen MR) is 112 cm³/mol. The zero-order chi connectivity index (χ0) is 21.9. The summed E-state index contributed by atoms with van der Waals surface area (Å²) in [6, 6.07) is 4.56. The van der Waals surface area contributed by atoms with Crippen molar-refractivity contribution in [1.29, 1.82) is 0 Å². The van der Waals surface area contributed by atoms with E-state index in [1.807, 2.05) is 0 Å². The SMILES string of the molecule is CCOC(=O)C1CCCN(C(=O)c2nsc(NS(=O)(=O)c3cccc(Cl)c3C)n2)C1. The second kappa shape index (κ2) is 9.27. The normalized spacial score (nSPS) is 16.9. The van der Waals surface area contributed by atoms with Gasteiger partial charge in [0.1, 0.15) is 0 Å². The van der Waals surface area contributed by atoms with Gasteiger partial charge < -0.3 is 9.64 Å². The Morgan fingerprint density at radius 3 is 2.90 bits per heavy atom. The highest BCUT2D eigenvalue weighted by molar-refractivity contribution is 7.93. The lowest BCUT2D eigenvalue weighted by atomic mass is 9.98. The van der Waals surface area contributed by atoms with Crippen LogP contribution >= 0.6 is 23.1 Å². The van der Waals surface area contributed by atoms with Gasteiger partial charge in [-0.15, -0.1) is 0 Å². The summed E-state index contributed by atoms with van der Waals surface area (Å²) in [6.07, 6.45) is 1.31. The number of ether oxygens (including phenoxy) is 1. The van der Waals surface area contributed by atoms with E-state index >= 15 is 0 Å². The van der Waals surface area contributed by atoms with E-state index in [4.69, 9.17) is 16.3 Å². The number of hydrogen-bond donors (Lipinski definition) is 1. The first kappa shape index (κ1) is 22.4. The molecule has 2 heterocycles. The fourth-order valence-corrected chi connectivity index (χ4v) is 5.44. The van der Waals surface area contributed by atoms with Crippen LogP contribution in [0, 0.1) is 12.8 Å². The highest BCUT2D eigenvalue weighted by Gasteiger charge is 2.31. The zero-order valence-electron chi connectivity index (χ0n) is 16.4. The smallest absolute Gasteiger partial charge is 0.310 e. The maximum atomic E-state index is 12.7. The first-order valence-electron chi connectivity index (χ1n) is 9.30. The molecule has 0 saturated carbocycles. The molecule has 0 aliphatic carbocycles. The number of nitrogens with one attached hydrogen (secondary N) is 1. The zero-order valence-corrected chi connectivity index (χ0v) is 18.8. The lowest BCUT2D eigenvalue weighted by Crippen LogP contribution is -2.43. The summed E-state index contributed by atoms with van der Waals surface area (Å²) in [5.74, 6) is -1.29. The fraction of sp³-hybridized carbons (Fsp3) is 0.444. The molecule has 1 amide bonds. The van der Waals surface area contributed by atoms with Gasteiger partial charge in [0.2, 0.25) is 11.0 Å². The quantitative estimate of drug-likeness (QED) is 0.642. The van der Waals surface area contributed by atoms with Gasteiger partial charge in [0.25, 0.3) is 15.9 Å². The molecule has 1 aliphatic rings. The van der Waals surface area contributed by atoms with Gasteiger partial charge >= 0.3 is 5.97 Å². The largest absolute Gasteiger partial charge is 0.466 e. The van der Waals surface area contributed by atoms with Crippen LogP contribution < -0.4 is 4.72 Å².